The molecule has 0 bridgehead atoms. The molecule has 0 N–H and O–H groups in total. The highest BCUT2D eigenvalue weighted by Crippen LogP contribution is 2.37. The Hall–Kier alpha value is -0.810. The van der Waals surface area contributed by atoms with Gasteiger partial charge >= 0.3 is 0 Å². The Bertz CT molecular complexity index is 565. The second-order valence-electron chi connectivity index (χ2n) is 3.78. The molecule has 0 amide bonds. The van der Waals surface area contributed by atoms with Crippen LogP contribution < -0.4 is 0 Å². The number of halogens is 4. The van der Waals surface area contributed by atoms with Gasteiger partial charge in [0.1, 0.15) is 0 Å². The molecule has 0 radical (unpaired) electrons. The van der Waals surface area contributed by atoms with Crippen LogP contribution >= 0.6 is 27.3 Å². The van der Waals surface area contributed by atoms with Gasteiger partial charge in [0.05, 0.1) is 4.83 Å². The number of aryl methyl sites for hydroxylation is 1. The third kappa shape index (κ3) is 2.47. The van der Waals surface area contributed by atoms with Crippen LogP contribution in [0.25, 0.3) is 0 Å². The molecule has 1 unspecified atom stereocenters. The summed E-state index contributed by atoms with van der Waals surface area (Å²) in [4.78, 5) is 1.58. The summed E-state index contributed by atoms with van der Waals surface area (Å²) in [5.41, 5.74) is 0.110. The van der Waals surface area contributed by atoms with Gasteiger partial charge in [-0.05, 0) is 24.6 Å². The number of alkyl halides is 1. The lowest BCUT2D eigenvalue weighted by Gasteiger charge is -2.10. The van der Waals surface area contributed by atoms with Crippen LogP contribution in [0.1, 0.15) is 27.1 Å². The van der Waals surface area contributed by atoms with Crippen LogP contribution in [0.15, 0.2) is 24.3 Å². The van der Waals surface area contributed by atoms with Crippen molar-refractivity contribution in [1.29, 1.82) is 0 Å². The Kier molecular flexibility index (Phi) is 4.12. The number of thiophene rings is 1. The maximum atomic E-state index is 13.6. The zero-order chi connectivity index (χ0) is 13.3. The van der Waals surface area contributed by atoms with Gasteiger partial charge in [-0.3, -0.25) is 0 Å². The molecule has 0 spiro atoms. The first-order valence-corrected chi connectivity index (χ1v) is 7.13. The Labute approximate surface area is 116 Å². The molecule has 96 valence electrons. The molecule has 1 heterocycles. The van der Waals surface area contributed by atoms with Crippen molar-refractivity contribution >= 4 is 27.3 Å². The Morgan fingerprint density at radius 1 is 1.11 bits per heavy atom. The highest BCUT2D eigenvalue weighted by atomic mass is 79.9. The summed E-state index contributed by atoms with van der Waals surface area (Å²) in [5.74, 6) is -3.73. The molecule has 0 fully saturated rings. The monoisotopic (exact) mass is 334 g/mol. The number of rotatable bonds is 3. The fraction of sp³-hybridized carbons (Fsp3) is 0.231. The van der Waals surface area contributed by atoms with Gasteiger partial charge in [0.25, 0.3) is 0 Å². The maximum absolute atomic E-state index is 13.6. The molecule has 0 aliphatic rings. The van der Waals surface area contributed by atoms with Crippen LogP contribution in [0.4, 0.5) is 13.2 Å². The molecule has 1 aromatic carbocycles. The summed E-state index contributed by atoms with van der Waals surface area (Å²) in [7, 11) is 0. The van der Waals surface area contributed by atoms with E-state index in [-0.39, 0.29) is 5.56 Å². The predicted molar refractivity (Wildman–Crippen MR) is 70.8 cm³/mol. The molecule has 5 heteroatoms. The maximum Gasteiger partial charge on any atom is 0.194 e. The van der Waals surface area contributed by atoms with Crippen molar-refractivity contribution in [2.24, 2.45) is 0 Å². The smallest absolute Gasteiger partial charge is 0.194 e. The van der Waals surface area contributed by atoms with E-state index in [0.717, 1.165) is 22.2 Å². The fourth-order valence-electron chi connectivity index (χ4n) is 1.61. The third-order valence-corrected chi connectivity index (χ3v) is 5.20. The van der Waals surface area contributed by atoms with Gasteiger partial charge in [0.2, 0.25) is 0 Å². The molecule has 0 nitrogen and oxygen atoms in total. The molecule has 0 saturated carbocycles. The van der Waals surface area contributed by atoms with E-state index in [1.54, 1.807) is 0 Å². The van der Waals surface area contributed by atoms with Gasteiger partial charge in [0.15, 0.2) is 17.5 Å². The number of hydrogen-bond acceptors (Lipinski definition) is 1. The molecule has 0 saturated heterocycles. The summed E-state index contributed by atoms with van der Waals surface area (Å²) in [6.07, 6.45) is 0.893. The molecular formula is C13H10BrF3S. The van der Waals surface area contributed by atoms with Crippen molar-refractivity contribution in [2.45, 2.75) is 18.2 Å². The van der Waals surface area contributed by atoms with Gasteiger partial charge in [-0.1, -0.05) is 28.9 Å². The lowest BCUT2D eigenvalue weighted by molar-refractivity contribution is 0.442. The van der Waals surface area contributed by atoms with Gasteiger partial charge in [0, 0.05) is 15.3 Å². The Morgan fingerprint density at radius 2 is 1.83 bits per heavy atom. The summed E-state index contributed by atoms with van der Waals surface area (Å²) in [6.45, 7) is 2.02. The summed E-state index contributed by atoms with van der Waals surface area (Å²) in [5, 5.41) is 0. The highest BCUT2D eigenvalue weighted by molar-refractivity contribution is 9.09. The molecule has 18 heavy (non-hydrogen) atoms. The van der Waals surface area contributed by atoms with E-state index in [1.165, 1.54) is 17.4 Å². The predicted octanol–water partition coefficient (Wildman–Crippen LogP) is 5.21. The molecular weight excluding hydrogens is 325 g/mol. The average molecular weight is 335 g/mol. The van der Waals surface area contributed by atoms with Crippen molar-refractivity contribution in [3.63, 3.8) is 0 Å². The van der Waals surface area contributed by atoms with Crippen molar-refractivity contribution in [3.05, 3.63) is 57.0 Å². The van der Waals surface area contributed by atoms with Crippen molar-refractivity contribution in [3.8, 4) is 0 Å². The van der Waals surface area contributed by atoms with Gasteiger partial charge < -0.3 is 0 Å². The molecule has 1 atom stereocenters. The van der Waals surface area contributed by atoms with Crippen LogP contribution in [-0.4, -0.2) is 0 Å². The van der Waals surface area contributed by atoms with Crippen molar-refractivity contribution < 1.29 is 13.2 Å². The van der Waals surface area contributed by atoms with E-state index in [1.807, 2.05) is 19.1 Å². The van der Waals surface area contributed by atoms with Gasteiger partial charge in [-0.25, -0.2) is 13.2 Å². The standard InChI is InChI=1S/C13H10BrF3S/c1-2-7-3-6-10(18-7)11(14)8-4-5-9(15)13(17)12(8)16/h3-6,11H,2H2,1H3. The SMILES string of the molecule is CCc1ccc(C(Br)c2ccc(F)c(F)c2F)s1. The molecule has 2 aromatic rings. The van der Waals surface area contributed by atoms with Gasteiger partial charge in [-0.15, -0.1) is 11.3 Å². The highest BCUT2D eigenvalue weighted by Gasteiger charge is 2.21. The summed E-state index contributed by atoms with van der Waals surface area (Å²) >= 11 is 4.85. The second-order valence-corrected chi connectivity index (χ2v) is 5.90. The van der Waals surface area contributed by atoms with Crippen LogP contribution in [0.3, 0.4) is 0 Å². The topological polar surface area (TPSA) is 0 Å². The minimum atomic E-state index is -1.43. The Balaban J connectivity index is 2.39. The van der Waals surface area contributed by atoms with E-state index in [9.17, 15) is 13.2 Å². The third-order valence-electron chi connectivity index (χ3n) is 2.62. The van der Waals surface area contributed by atoms with E-state index >= 15 is 0 Å². The lowest BCUT2D eigenvalue weighted by Crippen LogP contribution is -2.00. The van der Waals surface area contributed by atoms with Crippen LogP contribution in [-0.2, 0) is 6.42 Å². The summed E-state index contributed by atoms with van der Waals surface area (Å²) < 4.78 is 39.7. The zero-order valence-electron chi connectivity index (χ0n) is 9.51. The Morgan fingerprint density at radius 3 is 2.44 bits per heavy atom. The number of benzene rings is 1. The normalized spacial score (nSPS) is 12.7. The van der Waals surface area contributed by atoms with Crippen molar-refractivity contribution in [1.82, 2.24) is 0 Å². The molecule has 0 aliphatic carbocycles. The van der Waals surface area contributed by atoms with Crippen molar-refractivity contribution in [2.75, 3.05) is 0 Å². The van der Waals surface area contributed by atoms with Gasteiger partial charge in [-0.2, -0.15) is 0 Å². The fourth-order valence-corrected chi connectivity index (χ4v) is 3.35. The second kappa shape index (κ2) is 5.45. The van der Waals surface area contributed by atoms with E-state index < -0.39 is 22.3 Å². The summed E-state index contributed by atoms with van der Waals surface area (Å²) in [6, 6.07) is 6.02. The minimum Gasteiger partial charge on any atom is -0.204 e. The van der Waals surface area contributed by atoms with Crippen LogP contribution in [0.2, 0.25) is 0 Å². The molecule has 1 aromatic heterocycles. The van der Waals surface area contributed by atoms with E-state index in [4.69, 9.17) is 0 Å². The average Bonchev–Trinajstić information content (AvgIpc) is 2.84. The quantitative estimate of drug-likeness (QED) is 0.533. The molecule has 2 rings (SSSR count). The lowest BCUT2D eigenvalue weighted by atomic mass is 10.1. The van der Waals surface area contributed by atoms with E-state index in [2.05, 4.69) is 15.9 Å². The minimum absolute atomic E-state index is 0.110. The molecule has 0 aliphatic heterocycles. The first kappa shape index (κ1) is 13.6. The van der Waals surface area contributed by atoms with Crippen LogP contribution in [0.5, 0.6) is 0 Å². The van der Waals surface area contributed by atoms with Crippen LogP contribution in [0, 0.1) is 17.5 Å². The first-order valence-electron chi connectivity index (χ1n) is 5.40. The van der Waals surface area contributed by atoms with E-state index in [0.29, 0.717) is 0 Å². The largest absolute Gasteiger partial charge is 0.204 e. The first-order chi connectivity index (χ1) is 8.54. The zero-order valence-corrected chi connectivity index (χ0v) is 11.9. The number of hydrogen-bond donors (Lipinski definition) is 0.